The van der Waals surface area contributed by atoms with Crippen LogP contribution in [0.4, 0.5) is 0 Å². The standard InChI is InChI=1S/C11H10O4.C4H9.Sn/c12-10(13)6-7-11(14)15-8-9-4-2-1-3-5-9;1-3-4-2;/h1-7H,8H2,(H,12,13);1,3-4H2,2H3;. The Balaban J connectivity index is 0.000000621. The van der Waals surface area contributed by atoms with Crippen molar-refractivity contribution in [2.75, 3.05) is 0 Å². The average Bonchev–Trinajstić information content (AvgIpc) is 2.45. The fourth-order valence-electron chi connectivity index (χ4n) is 1.09. The van der Waals surface area contributed by atoms with E-state index in [4.69, 9.17) is 9.84 Å². The van der Waals surface area contributed by atoms with Gasteiger partial charge in [0.1, 0.15) is 6.61 Å². The molecule has 3 radical (unpaired) electrons. The molecule has 1 rings (SSSR count). The maximum atomic E-state index is 10.9. The monoisotopic (exact) mass is 383 g/mol. The van der Waals surface area contributed by atoms with E-state index in [9.17, 15) is 9.59 Å². The molecule has 107 valence electrons. The number of unbranched alkanes of at least 4 members (excludes halogenated alkanes) is 1. The molecule has 0 aromatic heterocycles. The normalized spacial score (nSPS) is 9.70. The third-order valence-electron chi connectivity index (χ3n) is 2.12. The second-order valence-electron chi connectivity index (χ2n) is 3.87. The molecule has 0 aliphatic carbocycles. The van der Waals surface area contributed by atoms with Gasteiger partial charge in [-0.05, 0) is 5.56 Å². The molecule has 0 unspecified atom stereocenters. The fourth-order valence-corrected chi connectivity index (χ4v) is 2.10. The zero-order chi connectivity index (χ0) is 15.2. The van der Waals surface area contributed by atoms with Gasteiger partial charge in [-0.1, -0.05) is 30.3 Å². The number of esters is 1. The van der Waals surface area contributed by atoms with Gasteiger partial charge in [-0.15, -0.1) is 0 Å². The van der Waals surface area contributed by atoms with Crippen molar-refractivity contribution in [1.82, 2.24) is 0 Å². The molecule has 0 amide bonds. The first-order valence-electron chi connectivity index (χ1n) is 6.36. The number of carbonyl (C=O) groups excluding carboxylic acids is 1. The predicted molar refractivity (Wildman–Crippen MR) is 78.5 cm³/mol. The minimum absolute atomic E-state index is 0.142. The molecule has 0 fully saturated rings. The van der Waals surface area contributed by atoms with Crippen LogP contribution in [0.1, 0.15) is 25.3 Å². The van der Waals surface area contributed by atoms with Gasteiger partial charge in [0.05, 0.1) is 0 Å². The van der Waals surface area contributed by atoms with Crippen molar-refractivity contribution in [1.29, 1.82) is 0 Å². The Labute approximate surface area is 132 Å². The van der Waals surface area contributed by atoms with E-state index in [0.717, 1.165) is 17.7 Å². The van der Waals surface area contributed by atoms with Crippen molar-refractivity contribution >= 4 is 34.5 Å². The second kappa shape index (κ2) is 12.7. The van der Waals surface area contributed by atoms with Crippen LogP contribution in [-0.4, -0.2) is 39.6 Å². The second-order valence-corrected chi connectivity index (χ2v) is 5.30. The zero-order valence-corrected chi connectivity index (χ0v) is 14.4. The first-order chi connectivity index (χ1) is 9.60. The molecule has 1 aromatic carbocycles. The van der Waals surface area contributed by atoms with E-state index in [1.807, 2.05) is 30.3 Å². The number of carboxylic acid groups (broad SMARTS) is 1. The van der Waals surface area contributed by atoms with Gasteiger partial charge < -0.3 is 9.84 Å². The molecular formula is C15H19O4Sn. The SMILES string of the molecule is CCC[CH2][Sn].O=C(O)C=CC(=O)OCc1ccccc1. The molecule has 0 bridgehead atoms. The van der Waals surface area contributed by atoms with Crippen LogP contribution in [0.15, 0.2) is 42.5 Å². The molecule has 0 heterocycles. The molecule has 1 aromatic rings. The Hall–Kier alpha value is -1.30. The summed E-state index contributed by atoms with van der Waals surface area (Å²) in [5, 5.41) is 8.25. The number of rotatable bonds is 6. The Morgan fingerprint density at radius 2 is 1.90 bits per heavy atom. The van der Waals surface area contributed by atoms with Crippen molar-refractivity contribution in [3.8, 4) is 0 Å². The first-order valence-corrected chi connectivity index (χ1v) is 8.38. The molecule has 0 aliphatic heterocycles. The number of carboxylic acids is 1. The van der Waals surface area contributed by atoms with Gasteiger partial charge >= 0.3 is 58.7 Å². The predicted octanol–water partition coefficient (Wildman–Crippen LogP) is 2.74. The summed E-state index contributed by atoms with van der Waals surface area (Å²) in [5.74, 6) is -1.84. The Morgan fingerprint density at radius 1 is 1.25 bits per heavy atom. The van der Waals surface area contributed by atoms with E-state index in [1.165, 1.54) is 17.3 Å². The molecule has 0 saturated heterocycles. The third kappa shape index (κ3) is 11.8. The summed E-state index contributed by atoms with van der Waals surface area (Å²) in [6.45, 7) is 2.37. The van der Waals surface area contributed by atoms with E-state index in [2.05, 4.69) is 6.92 Å². The van der Waals surface area contributed by atoms with Gasteiger partial charge in [0, 0.05) is 12.2 Å². The average molecular weight is 382 g/mol. The maximum absolute atomic E-state index is 10.9. The van der Waals surface area contributed by atoms with Gasteiger partial charge in [-0.25, -0.2) is 9.59 Å². The molecule has 0 saturated carbocycles. The van der Waals surface area contributed by atoms with Crippen molar-refractivity contribution < 1.29 is 19.4 Å². The summed E-state index contributed by atoms with van der Waals surface area (Å²) in [4.78, 5) is 21.0. The van der Waals surface area contributed by atoms with Gasteiger partial charge in [0.2, 0.25) is 0 Å². The summed E-state index contributed by atoms with van der Waals surface area (Å²) >= 11 is 1.68. The van der Waals surface area contributed by atoms with Crippen molar-refractivity contribution in [3.05, 3.63) is 48.0 Å². The molecule has 0 aliphatic rings. The van der Waals surface area contributed by atoms with E-state index in [0.29, 0.717) is 0 Å². The molecule has 0 atom stereocenters. The van der Waals surface area contributed by atoms with Crippen LogP contribution in [0, 0.1) is 0 Å². The molecule has 5 heteroatoms. The summed E-state index contributed by atoms with van der Waals surface area (Å²) in [6, 6.07) is 9.14. The van der Waals surface area contributed by atoms with Gasteiger partial charge in [0.25, 0.3) is 0 Å². The van der Waals surface area contributed by atoms with E-state index in [-0.39, 0.29) is 6.61 Å². The van der Waals surface area contributed by atoms with Gasteiger partial charge in [0.15, 0.2) is 0 Å². The topological polar surface area (TPSA) is 63.6 Å². The van der Waals surface area contributed by atoms with E-state index < -0.39 is 11.9 Å². The Morgan fingerprint density at radius 3 is 2.35 bits per heavy atom. The Bertz CT molecular complexity index is 413. The minimum atomic E-state index is -1.17. The van der Waals surface area contributed by atoms with Crippen LogP contribution in [0.2, 0.25) is 4.44 Å². The van der Waals surface area contributed by atoms with Gasteiger partial charge in [-0.3, -0.25) is 0 Å². The molecule has 4 nitrogen and oxygen atoms in total. The van der Waals surface area contributed by atoms with Crippen LogP contribution >= 0.6 is 0 Å². The minimum Gasteiger partial charge on any atom is -0.478 e. The van der Waals surface area contributed by atoms with Crippen molar-refractivity contribution in [2.24, 2.45) is 0 Å². The summed E-state index contributed by atoms with van der Waals surface area (Å²) in [7, 11) is 0. The number of hydrogen-bond donors (Lipinski definition) is 1. The van der Waals surface area contributed by atoms with Crippen LogP contribution in [0.3, 0.4) is 0 Å². The number of hydrogen-bond acceptors (Lipinski definition) is 3. The largest absolute Gasteiger partial charge is 0.478 e. The van der Waals surface area contributed by atoms with Crippen molar-refractivity contribution in [3.63, 3.8) is 0 Å². The maximum Gasteiger partial charge on any atom is 0.331 e. The number of carbonyl (C=O) groups is 2. The number of benzene rings is 1. The van der Waals surface area contributed by atoms with Crippen LogP contribution < -0.4 is 0 Å². The molecule has 20 heavy (non-hydrogen) atoms. The van der Waals surface area contributed by atoms with E-state index in [1.54, 1.807) is 22.5 Å². The van der Waals surface area contributed by atoms with Crippen LogP contribution in [0.25, 0.3) is 0 Å². The van der Waals surface area contributed by atoms with E-state index >= 15 is 0 Å². The summed E-state index contributed by atoms with van der Waals surface area (Å²) < 4.78 is 6.22. The quantitative estimate of drug-likeness (QED) is 0.467. The third-order valence-corrected chi connectivity index (χ3v) is 3.13. The molecule has 1 N–H and O–H groups in total. The zero-order valence-electron chi connectivity index (χ0n) is 11.5. The number of aliphatic carboxylic acids is 1. The van der Waals surface area contributed by atoms with Crippen LogP contribution in [-0.2, 0) is 20.9 Å². The molecule has 0 spiro atoms. The molecular weight excluding hydrogens is 363 g/mol. The van der Waals surface area contributed by atoms with Gasteiger partial charge in [-0.2, -0.15) is 0 Å². The number of ether oxygens (including phenoxy) is 1. The van der Waals surface area contributed by atoms with Crippen molar-refractivity contribution in [2.45, 2.75) is 30.8 Å². The van der Waals surface area contributed by atoms with Crippen LogP contribution in [0.5, 0.6) is 0 Å². The Kier molecular flexibility index (Phi) is 11.9. The first kappa shape index (κ1) is 18.7. The summed E-state index contributed by atoms with van der Waals surface area (Å²) in [6.07, 6.45) is 4.42. The fraction of sp³-hybridized carbons (Fsp3) is 0.333. The summed E-state index contributed by atoms with van der Waals surface area (Å²) in [5.41, 5.74) is 0.856. The smallest absolute Gasteiger partial charge is 0.331 e.